The van der Waals surface area contributed by atoms with Crippen molar-refractivity contribution in [2.24, 2.45) is 11.1 Å². The fourth-order valence-corrected chi connectivity index (χ4v) is 3.95. The molecule has 0 aliphatic heterocycles. The first kappa shape index (κ1) is 16.3. The minimum Gasteiger partial charge on any atom is -0.490 e. The summed E-state index contributed by atoms with van der Waals surface area (Å²) in [5.41, 5.74) is 7.74. The fourth-order valence-electron chi connectivity index (χ4n) is 3.95. The molecule has 1 aromatic heterocycles. The number of hydrogen-bond donors (Lipinski definition) is 1. The SMILES string of the molecule is CC[C@]1([C@H](C)N)CC[C@@H](Oc2cc3ccncc3cc2C)CC1. The Hall–Kier alpha value is -1.61. The lowest BCUT2D eigenvalue weighted by atomic mass is 9.67. The van der Waals surface area contributed by atoms with Gasteiger partial charge in [-0.3, -0.25) is 4.98 Å². The highest BCUT2D eigenvalue weighted by Crippen LogP contribution is 2.42. The fraction of sp³-hybridized carbons (Fsp3) is 0.550. The number of rotatable bonds is 4. The summed E-state index contributed by atoms with van der Waals surface area (Å²) in [7, 11) is 0. The number of ether oxygens (including phenoxy) is 1. The highest BCUT2D eigenvalue weighted by atomic mass is 16.5. The van der Waals surface area contributed by atoms with Crippen molar-refractivity contribution in [3.8, 4) is 5.75 Å². The van der Waals surface area contributed by atoms with Crippen LogP contribution < -0.4 is 10.5 Å². The maximum Gasteiger partial charge on any atom is 0.123 e. The molecule has 0 bridgehead atoms. The van der Waals surface area contributed by atoms with E-state index in [4.69, 9.17) is 10.5 Å². The molecule has 1 saturated carbocycles. The zero-order chi connectivity index (χ0) is 16.4. The van der Waals surface area contributed by atoms with Crippen LogP contribution in [0.25, 0.3) is 10.8 Å². The number of aryl methyl sites for hydroxylation is 1. The molecule has 3 nitrogen and oxygen atoms in total. The molecule has 23 heavy (non-hydrogen) atoms. The number of nitrogens with zero attached hydrogens (tertiary/aromatic N) is 1. The van der Waals surface area contributed by atoms with E-state index in [1.54, 1.807) is 0 Å². The van der Waals surface area contributed by atoms with Crippen LogP contribution >= 0.6 is 0 Å². The highest BCUT2D eigenvalue weighted by Gasteiger charge is 2.37. The number of nitrogens with two attached hydrogens (primary N) is 1. The first-order chi connectivity index (χ1) is 11.0. The van der Waals surface area contributed by atoms with Crippen LogP contribution in [0.5, 0.6) is 5.75 Å². The van der Waals surface area contributed by atoms with Gasteiger partial charge in [0.1, 0.15) is 5.75 Å². The Kier molecular flexibility index (Phi) is 4.58. The Morgan fingerprint density at radius 1 is 1.30 bits per heavy atom. The smallest absolute Gasteiger partial charge is 0.123 e. The van der Waals surface area contributed by atoms with Crippen molar-refractivity contribution in [2.45, 2.75) is 65.0 Å². The second kappa shape index (κ2) is 6.48. The predicted octanol–water partition coefficient (Wildman–Crippen LogP) is 4.61. The van der Waals surface area contributed by atoms with E-state index in [0.717, 1.165) is 18.6 Å². The van der Waals surface area contributed by atoms with Gasteiger partial charge in [-0.2, -0.15) is 0 Å². The van der Waals surface area contributed by atoms with E-state index in [0.29, 0.717) is 11.5 Å². The molecular formula is C20H28N2O. The van der Waals surface area contributed by atoms with Crippen LogP contribution in [0, 0.1) is 12.3 Å². The van der Waals surface area contributed by atoms with Crippen molar-refractivity contribution in [1.29, 1.82) is 0 Å². The molecule has 1 aliphatic carbocycles. The molecule has 0 radical (unpaired) electrons. The van der Waals surface area contributed by atoms with Gasteiger partial charge in [0.15, 0.2) is 0 Å². The summed E-state index contributed by atoms with van der Waals surface area (Å²) in [6.07, 6.45) is 9.76. The second-order valence-electron chi connectivity index (χ2n) is 7.16. The first-order valence-corrected chi connectivity index (χ1v) is 8.81. The number of aromatic nitrogens is 1. The van der Waals surface area contributed by atoms with Gasteiger partial charge in [-0.15, -0.1) is 0 Å². The lowest BCUT2D eigenvalue weighted by Gasteiger charge is -2.42. The van der Waals surface area contributed by atoms with Gasteiger partial charge in [-0.05, 0) is 80.5 Å². The topological polar surface area (TPSA) is 48.1 Å². The van der Waals surface area contributed by atoms with Crippen LogP contribution in [0.2, 0.25) is 0 Å². The summed E-state index contributed by atoms with van der Waals surface area (Å²) in [5.74, 6) is 1.01. The van der Waals surface area contributed by atoms with Crippen LogP contribution in [0.3, 0.4) is 0 Å². The molecule has 1 heterocycles. The molecule has 1 aliphatic rings. The van der Waals surface area contributed by atoms with Gasteiger partial charge in [0.25, 0.3) is 0 Å². The molecule has 1 atom stereocenters. The van der Waals surface area contributed by atoms with Gasteiger partial charge in [-0.25, -0.2) is 0 Å². The van der Waals surface area contributed by atoms with Crippen molar-refractivity contribution < 1.29 is 4.74 Å². The minimum atomic E-state index is 0.267. The van der Waals surface area contributed by atoms with Crippen molar-refractivity contribution in [3.05, 3.63) is 36.2 Å². The van der Waals surface area contributed by atoms with E-state index in [-0.39, 0.29) is 6.04 Å². The van der Waals surface area contributed by atoms with Gasteiger partial charge in [0.05, 0.1) is 6.10 Å². The zero-order valence-electron chi connectivity index (χ0n) is 14.5. The first-order valence-electron chi connectivity index (χ1n) is 8.81. The Balaban J connectivity index is 1.73. The normalized spacial score (nSPS) is 26.2. The van der Waals surface area contributed by atoms with Crippen LogP contribution in [0.1, 0.15) is 51.5 Å². The third-order valence-electron chi connectivity index (χ3n) is 5.83. The molecular weight excluding hydrogens is 284 g/mol. The monoisotopic (exact) mass is 312 g/mol. The van der Waals surface area contributed by atoms with E-state index in [9.17, 15) is 0 Å². The third-order valence-corrected chi connectivity index (χ3v) is 5.83. The van der Waals surface area contributed by atoms with E-state index in [1.165, 1.54) is 35.6 Å². The Morgan fingerprint density at radius 3 is 2.70 bits per heavy atom. The second-order valence-corrected chi connectivity index (χ2v) is 7.16. The summed E-state index contributed by atoms with van der Waals surface area (Å²) in [6.45, 7) is 6.54. The van der Waals surface area contributed by atoms with Gasteiger partial charge in [-0.1, -0.05) is 6.92 Å². The highest BCUT2D eigenvalue weighted by molar-refractivity contribution is 5.84. The largest absolute Gasteiger partial charge is 0.490 e. The van der Waals surface area contributed by atoms with Crippen molar-refractivity contribution in [2.75, 3.05) is 0 Å². The van der Waals surface area contributed by atoms with E-state index >= 15 is 0 Å². The van der Waals surface area contributed by atoms with Gasteiger partial charge >= 0.3 is 0 Å². The summed E-state index contributed by atoms with van der Waals surface area (Å²) in [6, 6.07) is 6.63. The maximum absolute atomic E-state index is 6.35. The minimum absolute atomic E-state index is 0.267. The Labute approximate surface area is 139 Å². The summed E-state index contributed by atoms with van der Waals surface area (Å²) in [4.78, 5) is 4.19. The lowest BCUT2D eigenvalue weighted by molar-refractivity contribution is 0.0615. The standard InChI is InChI=1S/C20H28N2O/c1-4-20(15(3)21)8-5-18(6-9-20)23-19-12-16-7-10-22-13-17(16)11-14(19)2/h7,10-13,15,18H,4-6,8-9,21H2,1-3H3/t15-,18-,20+/m0/s1. The number of fused-ring (bicyclic) bond motifs is 1. The van der Waals surface area contributed by atoms with Gasteiger partial charge in [0.2, 0.25) is 0 Å². The Morgan fingerprint density at radius 2 is 2.04 bits per heavy atom. The zero-order valence-corrected chi connectivity index (χ0v) is 14.5. The van der Waals surface area contributed by atoms with Crippen LogP contribution in [0.4, 0.5) is 0 Å². The molecule has 0 amide bonds. The predicted molar refractivity (Wildman–Crippen MR) is 95.7 cm³/mol. The molecule has 0 unspecified atom stereocenters. The van der Waals surface area contributed by atoms with E-state index in [1.807, 2.05) is 18.5 Å². The molecule has 3 heteroatoms. The average Bonchev–Trinajstić information content (AvgIpc) is 2.56. The van der Waals surface area contributed by atoms with Crippen LogP contribution in [-0.4, -0.2) is 17.1 Å². The van der Waals surface area contributed by atoms with Crippen molar-refractivity contribution in [3.63, 3.8) is 0 Å². The van der Waals surface area contributed by atoms with E-state index in [2.05, 4.69) is 37.9 Å². The molecule has 1 aromatic carbocycles. The summed E-state index contributed by atoms with van der Waals surface area (Å²) < 4.78 is 6.35. The molecule has 2 aromatic rings. The maximum atomic E-state index is 6.35. The molecule has 0 spiro atoms. The molecule has 1 fully saturated rings. The number of hydrogen-bond acceptors (Lipinski definition) is 3. The molecule has 3 rings (SSSR count). The average molecular weight is 312 g/mol. The van der Waals surface area contributed by atoms with Crippen molar-refractivity contribution >= 4 is 10.8 Å². The van der Waals surface area contributed by atoms with Crippen LogP contribution in [-0.2, 0) is 0 Å². The van der Waals surface area contributed by atoms with Crippen LogP contribution in [0.15, 0.2) is 30.6 Å². The third kappa shape index (κ3) is 3.20. The summed E-state index contributed by atoms with van der Waals surface area (Å²) >= 11 is 0. The molecule has 0 saturated heterocycles. The number of benzene rings is 1. The van der Waals surface area contributed by atoms with Gasteiger partial charge in [0, 0.05) is 23.8 Å². The van der Waals surface area contributed by atoms with Gasteiger partial charge < -0.3 is 10.5 Å². The summed E-state index contributed by atoms with van der Waals surface area (Å²) in [5, 5.41) is 2.36. The van der Waals surface area contributed by atoms with E-state index < -0.39 is 0 Å². The number of pyridine rings is 1. The molecule has 2 N–H and O–H groups in total. The van der Waals surface area contributed by atoms with Crippen molar-refractivity contribution in [1.82, 2.24) is 4.98 Å². The Bertz CT molecular complexity index is 672. The lowest BCUT2D eigenvalue weighted by Crippen LogP contribution is -2.43. The molecule has 124 valence electrons. The quantitative estimate of drug-likeness (QED) is 0.897.